The number of fused-ring (bicyclic) bond motifs is 1. The Labute approximate surface area is 134 Å². The van der Waals surface area contributed by atoms with Gasteiger partial charge < -0.3 is 16.0 Å². The zero-order valence-electron chi connectivity index (χ0n) is 12.1. The zero-order chi connectivity index (χ0) is 16.4. The topological polar surface area (TPSA) is 111 Å². The van der Waals surface area contributed by atoms with Crippen LogP contribution in [-0.4, -0.2) is 26.1 Å². The van der Waals surface area contributed by atoms with E-state index in [1.165, 1.54) is 42.4 Å². The van der Waals surface area contributed by atoms with Gasteiger partial charge >= 0.3 is 0 Å². The molecule has 2 aromatic heterocycles. The number of nitrogen functional groups attached to an aromatic ring is 1. The molecule has 3 aromatic rings. The summed E-state index contributed by atoms with van der Waals surface area (Å²) in [6.07, 6.45) is 1.46. The van der Waals surface area contributed by atoms with Crippen molar-refractivity contribution in [2.45, 2.75) is 17.3 Å². The van der Waals surface area contributed by atoms with Gasteiger partial charge in [0, 0.05) is 5.69 Å². The number of aromatic amines is 2. The smallest absolute Gasteiger partial charge is 0.292 e. The zero-order valence-corrected chi connectivity index (χ0v) is 12.9. The molecule has 3 rings (SSSR count). The van der Waals surface area contributed by atoms with E-state index in [4.69, 9.17) is 5.73 Å². The highest BCUT2D eigenvalue weighted by Gasteiger charge is 2.20. The molecule has 0 saturated carbocycles. The fourth-order valence-electron chi connectivity index (χ4n) is 1.92. The predicted molar refractivity (Wildman–Crippen MR) is 85.2 cm³/mol. The number of aromatic nitrogens is 4. The Bertz CT molecular complexity index is 850. The minimum absolute atomic E-state index is 0.211. The molecular weight excluding hydrogens is 319 g/mol. The lowest BCUT2D eigenvalue weighted by Crippen LogP contribution is -2.22. The van der Waals surface area contributed by atoms with Crippen LogP contribution in [-0.2, 0) is 4.79 Å². The molecule has 0 bridgehead atoms. The maximum absolute atomic E-state index is 12.9. The molecule has 1 aromatic carbocycles. The fraction of sp³-hybridized carbons (Fsp3) is 0.143. The number of amides is 1. The van der Waals surface area contributed by atoms with Crippen molar-refractivity contribution in [2.75, 3.05) is 11.1 Å². The highest BCUT2D eigenvalue weighted by molar-refractivity contribution is 8.00. The van der Waals surface area contributed by atoms with Crippen LogP contribution < -0.4 is 16.0 Å². The van der Waals surface area contributed by atoms with Gasteiger partial charge in [0.15, 0.2) is 5.52 Å². The molecule has 23 heavy (non-hydrogen) atoms. The monoisotopic (exact) mass is 333 g/mol. The molecule has 9 heteroatoms. The highest BCUT2D eigenvalue weighted by Crippen LogP contribution is 2.24. The maximum Gasteiger partial charge on any atom is 0.292 e. The third-order valence-electron chi connectivity index (χ3n) is 3.11. The lowest BCUT2D eigenvalue weighted by Gasteiger charge is -2.09. The Morgan fingerprint density at radius 3 is 2.87 bits per heavy atom. The quantitative estimate of drug-likeness (QED) is 0.628. The number of halogens is 1. The molecule has 0 aliphatic rings. The Morgan fingerprint density at radius 2 is 2.17 bits per heavy atom. The number of nitrogens with two attached hydrogens (primary N) is 1. The predicted octanol–water partition coefficient (Wildman–Crippen LogP) is 1.61. The molecule has 1 unspecified atom stereocenters. The number of H-pyrrole nitrogens is 2. The molecule has 118 valence electrons. The van der Waals surface area contributed by atoms with Gasteiger partial charge in [-0.1, -0.05) is 21.7 Å². The summed E-state index contributed by atoms with van der Waals surface area (Å²) in [4.78, 5) is 26.3. The lowest BCUT2D eigenvalue weighted by atomic mass is 10.3. The van der Waals surface area contributed by atoms with Crippen molar-refractivity contribution in [1.29, 1.82) is 0 Å². The summed E-state index contributed by atoms with van der Waals surface area (Å²) in [6.45, 7) is 1.75. The van der Waals surface area contributed by atoms with Crippen LogP contribution in [0.3, 0.4) is 0 Å². The van der Waals surface area contributed by atoms with Gasteiger partial charge in [-0.15, -0.1) is 0 Å². The lowest BCUT2D eigenvalue weighted by molar-refractivity contribution is -0.352. The molecule has 2 heterocycles. The summed E-state index contributed by atoms with van der Waals surface area (Å²) in [5, 5.41) is 2.87. The molecule has 0 fully saturated rings. The van der Waals surface area contributed by atoms with Gasteiger partial charge in [0.25, 0.3) is 5.65 Å². The summed E-state index contributed by atoms with van der Waals surface area (Å²) in [5.41, 5.74) is 7.46. The highest BCUT2D eigenvalue weighted by atomic mass is 32.2. The van der Waals surface area contributed by atoms with Crippen LogP contribution in [0.25, 0.3) is 11.2 Å². The molecule has 0 saturated heterocycles. The number of hydrogen-bond donors (Lipinski definition) is 3. The number of benzene rings is 1. The van der Waals surface area contributed by atoms with Crippen LogP contribution in [0.5, 0.6) is 0 Å². The van der Waals surface area contributed by atoms with Gasteiger partial charge in [0.2, 0.25) is 23.2 Å². The third-order valence-corrected chi connectivity index (χ3v) is 4.10. The van der Waals surface area contributed by atoms with Gasteiger partial charge in [-0.25, -0.2) is 9.37 Å². The van der Waals surface area contributed by atoms with Gasteiger partial charge in [-0.2, -0.15) is 0 Å². The van der Waals surface area contributed by atoms with Crippen LogP contribution >= 0.6 is 11.8 Å². The molecule has 0 radical (unpaired) electrons. The Balaban J connectivity index is 1.69. The first-order valence-electron chi connectivity index (χ1n) is 6.78. The van der Waals surface area contributed by atoms with E-state index in [2.05, 4.69) is 25.3 Å². The number of carbonyl (C=O) groups is 1. The molecule has 0 aliphatic heterocycles. The van der Waals surface area contributed by atoms with Crippen molar-refractivity contribution < 1.29 is 14.2 Å². The van der Waals surface area contributed by atoms with E-state index in [0.717, 1.165) is 0 Å². The number of nitrogens with zero attached hydrogens (tertiary/aromatic N) is 2. The minimum atomic E-state index is -0.408. The van der Waals surface area contributed by atoms with Crippen molar-refractivity contribution in [3.63, 3.8) is 0 Å². The van der Waals surface area contributed by atoms with Crippen molar-refractivity contribution in [3.8, 4) is 0 Å². The molecule has 5 N–H and O–H groups in total. The van der Waals surface area contributed by atoms with Gasteiger partial charge in [-0.05, 0) is 31.2 Å². The molecule has 0 spiro atoms. The number of hydrogen-bond acceptors (Lipinski definition) is 5. The van der Waals surface area contributed by atoms with E-state index >= 15 is 0 Å². The standard InChI is InChI=1S/C14H13FN6OS/c1-7(13(22)19-9-4-2-8(15)3-5-9)23-14-20-10-11(16)17-6-18-12(10)21-14/h2-7H,1H3,(H,19,22)(H3,16,17,18,20,21)/p+1. The van der Waals surface area contributed by atoms with Crippen molar-refractivity contribution in [2.24, 2.45) is 0 Å². The summed E-state index contributed by atoms with van der Waals surface area (Å²) in [5.74, 6) is -0.228. The van der Waals surface area contributed by atoms with Crippen LogP contribution in [0, 0.1) is 5.82 Å². The van der Waals surface area contributed by atoms with Crippen LogP contribution in [0.15, 0.2) is 35.7 Å². The Morgan fingerprint density at radius 1 is 1.43 bits per heavy atom. The number of imidazole rings is 1. The van der Waals surface area contributed by atoms with Crippen LogP contribution in [0.2, 0.25) is 0 Å². The second-order valence-electron chi connectivity index (χ2n) is 4.81. The normalized spacial score (nSPS) is 12.3. The molecule has 7 nitrogen and oxygen atoms in total. The molecular formula is C14H14FN6OS+. The van der Waals surface area contributed by atoms with E-state index in [-0.39, 0.29) is 11.7 Å². The van der Waals surface area contributed by atoms with Crippen molar-refractivity contribution in [1.82, 2.24) is 15.0 Å². The molecule has 0 aliphatic carbocycles. The fourth-order valence-corrected chi connectivity index (χ4v) is 2.73. The second-order valence-corrected chi connectivity index (χ2v) is 6.14. The average Bonchev–Trinajstić information content (AvgIpc) is 2.93. The SMILES string of the molecule is CC(Sc1nc2[nH+]cnc(N)c2[nH]1)C(=O)Nc1ccc(F)cc1. The minimum Gasteiger partial charge on any atom is -0.368 e. The van der Waals surface area contributed by atoms with Crippen molar-refractivity contribution >= 4 is 40.3 Å². The van der Waals surface area contributed by atoms with Gasteiger partial charge in [0.05, 0.1) is 5.25 Å². The Kier molecular flexibility index (Phi) is 4.11. The van der Waals surface area contributed by atoms with E-state index in [9.17, 15) is 9.18 Å². The summed E-state index contributed by atoms with van der Waals surface area (Å²) < 4.78 is 12.9. The number of thioether (sulfide) groups is 1. The van der Waals surface area contributed by atoms with E-state index < -0.39 is 5.25 Å². The summed E-state index contributed by atoms with van der Waals surface area (Å²) >= 11 is 1.25. The Hall–Kier alpha value is -2.68. The third kappa shape index (κ3) is 3.39. The van der Waals surface area contributed by atoms with Gasteiger partial charge in [-0.3, -0.25) is 4.79 Å². The van der Waals surface area contributed by atoms with E-state index in [1.54, 1.807) is 6.92 Å². The second kappa shape index (κ2) is 6.21. The van der Waals surface area contributed by atoms with E-state index in [1.807, 2.05) is 0 Å². The number of nitrogens with one attached hydrogen (secondary N) is 3. The first kappa shape index (κ1) is 15.2. The summed E-state index contributed by atoms with van der Waals surface area (Å²) in [7, 11) is 0. The molecule has 1 atom stereocenters. The number of anilines is 2. The number of carbonyl (C=O) groups excluding carboxylic acids is 1. The first-order chi connectivity index (χ1) is 11.0. The maximum atomic E-state index is 12.9. The summed E-state index contributed by atoms with van der Waals surface area (Å²) in [6, 6.07) is 5.59. The largest absolute Gasteiger partial charge is 0.368 e. The van der Waals surface area contributed by atoms with E-state index in [0.29, 0.717) is 27.8 Å². The van der Waals surface area contributed by atoms with Crippen LogP contribution in [0.4, 0.5) is 15.9 Å². The van der Waals surface area contributed by atoms with Crippen molar-refractivity contribution in [3.05, 3.63) is 36.4 Å². The molecule has 1 amide bonds. The van der Waals surface area contributed by atoms with Gasteiger partial charge in [0.1, 0.15) is 5.82 Å². The number of rotatable bonds is 4. The van der Waals surface area contributed by atoms with Crippen LogP contribution in [0.1, 0.15) is 6.92 Å². The average molecular weight is 333 g/mol. The first-order valence-corrected chi connectivity index (χ1v) is 7.66.